The number of nitrogens with one attached hydrogen (secondary N) is 1. The van der Waals surface area contributed by atoms with Gasteiger partial charge in [0.25, 0.3) is 0 Å². The second-order valence-corrected chi connectivity index (χ2v) is 6.26. The van der Waals surface area contributed by atoms with Crippen LogP contribution in [-0.4, -0.2) is 47.4 Å². The van der Waals surface area contributed by atoms with Crippen molar-refractivity contribution in [1.29, 1.82) is 0 Å². The Bertz CT molecular complexity index is 590. The van der Waals surface area contributed by atoms with Gasteiger partial charge in [0, 0.05) is 33.0 Å². The van der Waals surface area contributed by atoms with E-state index in [1.54, 1.807) is 31.2 Å². The van der Waals surface area contributed by atoms with Crippen molar-refractivity contribution in [1.82, 2.24) is 10.2 Å². The molecule has 1 aromatic rings. The molecule has 0 unspecified atom stereocenters. The number of carbonyl (C=O) groups excluding carboxylic acids is 2. The molecular formula is C18H24N2O4. The minimum Gasteiger partial charge on any atom is -0.478 e. The van der Waals surface area contributed by atoms with Crippen molar-refractivity contribution in [2.75, 3.05) is 19.6 Å². The van der Waals surface area contributed by atoms with Gasteiger partial charge in [0.1, 0.15) is 0 Å². The highest BCUT2D eigenvalue weighted by Crippen LogP contribution is 2.16. The number of aromatic carboxylic acids is 1. The minimum atomic E-state index is -0.949. The Morgan fingerprint density at radius 1 is 1.17 bits per heavy atom. The third kappa shape index (κ3) is 5.37. The number of carboxylic acid groups (broad SMARTS) is 1. The summed E-state index contributed by atoms with van der Waals surface area (Å²) in [5, 5.41) is 11.8. The van der Waals surface area contributed by atoms with Crippen molar-refractivity contribution in [2.24, 2.45) is 5.92 Å². The lowest BCUT2D eigenvalue weighted by molar-refractivity contribution is -0.130. The SMILES string of the molecule is CC(=O)N1CCC(CNC(=O)CCc2ccc(C(=O)O)cc2)CC1. The van der Waals surface area contributed by atoms with Crippen LogP contribution in [0.15, 0.2) is 24.3 Å². The highest BCUT2D eigenvalue weighted by molar-refractivity contribution is 5.87. The fourth-order valence-corrected chi connectivity index (χ4v) is 2.87. The van der Waals surface area contributed by atoms with Crippen LogP contribution in [0.2, 0.25) is 0 Å². The molecule has 1 fully saturated rings. The normalized spacial score (nSPS) is 15.1. The van der Waals surface area contributed by atoms with Crippen molar-refractivity contribution in [3.8, 4) is 0 Å². The van der Waals surface area contributed by atoms with Crippen LogP contribution in [0.25, 0.3) is 0 Å². The quantitative estimate of drug-likeness (QED) is 0.830. The van der Waals surface area contributed by atoms with Gasteiger partial charge < -0.3 is 15.3 Å². The smallest absolute Gasteiger partial charge is 0.335 e. The molecule has 1 aliphatic rings. The molecule has 0 atom stereocenters. The fourth-order valence-electron chi connectivity index (χ4n) is 2.87. The third-order valence-corrected chi connectivity index (χ3v) is 4.49. The van der Waals surface area contributed by atoms with Gasteiger partial charge in [0.05, 0.1) is 5.56 Å². The first kappa shape index (κ1) is 18.0. The van der Waals surface area contributed by atoms with Crippen LogP contribution in [0, 0.1) is 5.92 Å². The van der Waals surface area contributed by atoms with E-state index in [1.165, 1.54) is 0 Å². The molecule has 2 rings (SSSR count). The van der Waals surface area contributed by atoms with Crippen LogP contribution in [-0.2, 0) is 16.0 Å². The number of piperidine rings is 1. The maximum Gasteiger partial charge on any atom is 0.335 e. The number of hydrogen-bond donors (Lipinski definition) is 2. The van der Waals surface area contributed by atoms with Gasteiger partial charge in [-0.2, -0.15) is 0 Å². The largest absolute Gasteiger partial charge is 0.478 e. The van der Waals surface area contributed by atoms with Crippen molar-refractivity contribution in [2.45, 2.75) is 32.6 Å². The first-order chi connectivity index (χ1) is 11.5. The van der Waals surface area contributed by atoms with E-state index in [4.69, 9.17) is 5.11 Å². The number of aryl methyl sites for hydroxylation is 1. The van der Waals surface area contributed by atoms with Crippen molar-refractivity contribution >= 4 is 17.8 Å². The molecule has 0 spiro atoms. The Hall–Kier alpha value is -2.37. The Morgan fingerprint density at radius 2 is 1.79 bits per heavy atom. The lowest BCUT2D eigenvalue weighted by Gasteiger charge is -2.31. The molecule has 0 aromatic heterocycles. The zero-order chi connectivity index (χ0) is 17.5. The van der Waals surface area contributed by atoms with Gasteiger partial charge in [-0.15, -0.1) is 0 Å². The monoisotopic (exact) mass is 332 g/mol. The van der Waals surface area contributed by atoms with Gasteiger partial charge in [-0.25, -0.2) is 4.79 Å². The van der Waals surface area contributed by atoms with Crippen LogP contribution in [0.1, 0.15) is 42.1 Å². The summed E-state index contributed by atoms with van der Waals surface area (Å²) in [5.74, 6) is -0.396. The van der Waals surface area contributed by atoms with E-state index in [2.05, 4.69) is 5.32 Å². The number of nitrogens with zero attached hydrogens (tertiary/aromatic N) is 1. The average molecular weight is 332 g/mol. The van der Waals surface area contributed by atoms with E-state index in [1.807, 2.05) is 4.90 Å². The lowest BCUT2D eigenvalue weighted by Crippen LogP contribution is -2.40. The molecule has 0 bridgehead atoms. The van der Waals surface area contributed by atoms with Gasteiger partial charge in [-0.1, -0.05) is 12.1 Å². The number of hydrogen-bond acceptors (Lipinski definition) is 3. The summed E-state index contributed by atoms with van der Waals surface area (Å²) in [7, 11) is 0. The highest BCUT2D eigenvalue weighted by atomic mass is 16.4. The van der Waals surface area contributed by atoms with Crippen LogP contribution in [0.5, 0.6) is 0 Å². The van der Waals surface area contributed by atoms with Crippen LogP contribution < -0.4 is 5.32 Å². The van der Waals surface area contributed by atoms with Crippen LogP contribution in [0.4, 0.5) is 0 Å². The standard InChI is InChI=1S/C18H24N2O4/c1-13(21)20-10-8-15(9-11-20)12-19-17(22)7-4-14-2-5-16(6-3-14)18(23)24/h2-3,5-6,15H,4,7-12H2,1H3,(H,19,22)(H,23,24). The second-order valence-electron chi connectivity index (χ2n) is 6.26. The van der Waals surface area contributed by atoms with E-state index >= 15 is 0 Å². The van der Waals surface area contributed by atoms with Gasteiger partial charge in [-0.05, 0) is 42.9 Å². The van der Waals surface area contributed by atoms with E-state index in [0.717, 1.165) is 31.5 Å². The molecule has 6 nitrogen and oxygen atoms in total. The van der Waals surface area contributed by atoms with E-state index in [-0.39, 0.29) is 17.4 Å². The van der Waals surface area contributed by atoms with E-state index in [0.29, 0.717) is 25.3 Å². The fraction of sp³-hybridized carbons (Fsp3) is 0.500. The molecule has 1 aliphatic heterocycles. The first-order valence-corrected chi connectivity index (χ1v) is 8.30. The number of carbonyl (C=O) groups is 3. The molecule has 6 heteroatoms. The van der Waals surface area contributed by atoms with Crippen LogP contribution in [0.3, 0.4) is 0 Å². The summed E-state index contributed by atoms with van der Waals surface area (Å²) in [6, 6.07) is 6.60. The molecule has 1 aromatic carbocycles. The van der Waals surface area contributed by atoms with Crippen molar-refractivity contribution < 1.29 is 19.5 Å². The highest BCUT2D eigenvalue weighted by Gasteiger charge is 2.20. The van der Waals surface area contributed by atoms with E-state index in [9.17, 15) is 14.4 Å². The molecule has 2 amide bonds. The maximum absolute atomic E-state index is 11.9. The molecule has 0 aliphatic carbocycles. The maximum atomic E-state index is 11.9. The van der Waals surface area contributed by atoms with Gasteiger partial charge in [0.2, 0.25) is 11.8 Å². The minimum absolute atomic E-state index is 0.00584. The summed E-state index contributed by atoms with van der Waals surface area (Å²) >= 11 is 0. The molecule has 2 N–H and O–H groups in total. The number of amides is 2. The predicted octanol–water partition coefficient (Wildman–Crippen LogP) is 1.69. The molecule has 0 saturated carbocycles. The lowest BCUT2D eigenvalue weighted by atomic mass is 9.96. The average Bonchev–Trinajstić information content (AvgIpc) is 2.58. The first-order valence-electron chi connectivity index (χ1n) is 8.30. The van der Waals surface area contributed by atoms with Crippen molar-refractivity contribution in [3.05, 3.63) is 35.4 Å². The zero-order valence-corrected chi connectivity index (χ0v) is 14.0. The van der Waals surface area contributed by atoms with Gasteiger partial charge in [-0.3, -0.25) is 9.59 Å². The van der Waals surface area contributed by atoms with Crippen molar-refractivity contribution in [3.63, 3.8) is 0 Å². The second kappa shape index (κ2) is 8.47. The Morgan fingerprint density at radius 3 is 2.33 bits per heavy atom. The number of likely N-dealkylation sites (tertiary alicyclic amines) is 1. The summed E-state index contributed by atoms with van der Waals surface area (Å²) in [6.07, 6.45) is 2.83. The summed E-state index contributed by atoms with van der Waals surface area (Å²) < 4.78 is 0. The Balaban J connectivity index is 1.67. The van der Waals surface area contributed by atoms with Gasteiger partial charge >= 0.3 is 5.97 Å². The number of rotatable bonds is 6. The van der Waals surface area contributed by atoms with Crippen LogP contribution >= 0.6 is 0 Å². The molecule has 0 radical (unpaired) electrons. The molecule has 24 heavy (non-hydrogen) atoms. The summed E-state index contributed by atoms with van der Waals surface area (Å²) in [6.45, 7) is 3.78. The summed E-state index contributed by atoms with van der Waals surface area (Å²) in [5.41, 5.74) is 1.20. The van der Waals surface area contributed by atoms with Gasteiger partial charge in [0.15, 0.2) is 0 Å². The Labute approximate surface area is 141 Å². The summed E-state index contributed by atoms with van der Waals surface area (Å²) in [4.78, 5) is 35.8. The molecule has 130 valence electrons. The third-order valence-electron chi connectivity index (χ3n) is 4.49. The molecular weight excluding hydrogens is 308 g/mol. The Kier molecular flexibility index (Phi) is 6.35. The number of carboxylic acids is 1. The topological polar surface area (TPSA) is 86.7 Å². The van der Waals surface area contributed by atoms with E-state index < -0.39 is 5.97 Å². The number of benzene rings is 1. The predicted molar refractivity (Wildman–Crippen MR) is 89.7 cm³/mol. The molecule has 1 saturated heterocycles. The zero-order valence-electron chi connectivity index (χ0n) is 14.0. The molecule has 1 heterocycles.